The average Bonchev–Trinajstić information content (AvgIpc) is 3.23. The normalized spacial score (nSPS) is 10.0. The first-order chi connectivity index (χ1) is 24.8. The second kappa shape index (κ2) is 19.0. The number of aromatic nitrogens is 4. The van der Waals surface area contributed by atoms with E-state index in [-0.39, 0.29) is 32.5 Å². The predicted octanol–water partition coefficient (Wildman–Crippen LogP) is 8.22. The molecule has 0 amide bonds. The molecule has 4 nitrogen and oxygen atoms in total. The van der Waals surface area contributed by atoms with Gasteiger partial charge in [-0.05, 0) is 57.9 Å². The molecule has 0 aliphatic carbocycles. The van der Waals surface area contributed by atoms with Crippen molar-refractivity contribution in [1.82, 2.24) is 19.9 Å². The van der Waals surface area contributed by atoms with Gasteiger partial charge >= 0.3 is 20.1 Å². The Hall–Kier alpha value is -5.84. The fourth-order valence-electron chi connectivity index (χ4n) is 5.72. The van der Waals surface area contributed by atoms with Crippen LogP contribution in [0.2, 0.25) is 0 Å². The molecule has 6 heteroatoms. The number of hydrogen-bond donors (Lipinski definition) is 0. The van der Waals surface area contributed by atoms with Gasteiger partial charge in [0.15, 0.2) is 0 Å². The van der Waals surface area contributed by atoms with Crippen molar-refractivity contribution in [3.63, 3.8) is 0 Å². The first-order valence-corrected chi connectivity index (χ1v) is 16.4. The zero-order valence-corrected chi connectivity index (χ0v) is 31.1. The quantitative estimate of drug-likeness (QED) is 0.132. The van der Waals surface area contributed by atoms with E-state index in [1.54, 1.807) is 12.4 Å². The molecule has 5 aromatic carbocycles. The van der Waals surface area contributed by atoms with Gasteiger partial charge in [-0.15, -0.1) is 71.8 Å². The van der Waals surface area contributed by atoms with Crippen LogP contribution in [-0.4, -0.2) is 19.9 Å². The maximum absolute atomic E-state index is 4.67. The summed E-state index contributed by atoms with van der Waals surface area (Å²) in [6.45, 7) is 0. The maximum atomic E-state index is 4.67. The summed E-state index contributed by atoms with van der Waals surface area (Å²) in [5.74, 6) is 0. The summed E-state index contributed by atoms with van der Waals surface area (Å²) >= 11 is 0. The third-order valence-corrected chi connectivity index (χ3v) is 8.09. The number of fused-ring (bicyclic) bond motifs is 3. The van der Waals surface area contributed by atoms with E-state index < -0.39 is 0 Å². The van der Waals surface area contributed by atoms with Crippen molar-refractivity contribution in [2.24, 2.45) is 0 Å². The van der Waals surface area contributed by atoms with Crippen LogP contribution in [0.25, 0.3) is 66.6 Å². The molecule has 4 aromatic heterocycles. The maximum Gasteiger partial charge on any atom is 3.00 e. The molecule has 0 saturated carbocycles. The van der Waals surface area contributed by atoms with Crippen LogP contribution in [0.1, 0.15) is 0 Å². The molecule has 0 N–H and O–H groups in total. The van der Waals surface area contributed by atoms with E-state index in [2.05, 4.69) is 105 Å². The Balaban J connectivity index is 0.000000168. The van der Waals surface area contributed by atoms with Crippen LogP contribution in [0.4, 0.5) is 0 Å². The number of pyridine rings is 4. The van der Waals surface area contributed by atoms with Gasteiger partial charge in [0.05, 0.1) is 11.0 Å². The van der Waals surface area contributed by atoms with Crippen LogP contribution >= 0.6 is 0 Å². The number of nitrogens with zero attached hydrogens (tertiary/aromatic N) is 4. The molecule has 9 rings (SSSR count). The topological polar surface area (TPSA) is 51.6 Å². The Bertz CT molecular complexity index is 2150. The summed E-state index contributed by atoms with van der Waals surface area (Å²) in [5, 5.41) is 2.26. The summed E-state index contributed by atoms with van der Waals surface area (Å²) in [6.07, 6.45) is 7.33. The third-order valence-electron chi connectivity index (χ3n) is 8.09. The van der Waals surface area contributed by atoms with Gasteiger partial charge < -0.3 is 22.4 Å². The number of benzene rings is 5. The first-order valence-electron chi connectivity index (χ1n) is 16.4. The van der Waals surface area contributed by atoms with Crippen LogP contribution in [0, 0.1) is 12.1 Å². The Kier molecular flexibility index (Phi) is 13.6. The first kappa shape index (κ1) is 37.4. The van der Waals surface area contributed by atoms with Gasteiger partial charge in [0.1, 0.15) is 0 Å². The number of rotatable bonds is 4. The molecule has 0 atom stereocenters. The molecule has 252 valence electrons. The van der Waals surface area contributed by atoms with E-state index in [1.165, 1.54) is 22.3 Å². The molecular formula is C46H32ClIrN4. The van der Waals surface area contributed by atoms with Crippen molar-refractivity contribution in [3.05, 3.63) is 207 Å². The van der Waals surface area contributed by atoms with E-state index in [4.69, 9.17) is 0 Å². The Labute approximate surface area is 324 Å². The minimum atomic E-state index is 0. The smallest absolute Gasteiger partial charge is 1.00 e. The van der Waals surface area contributed by atoms with Crippen LogP contribution in [0.15, 0.2) is 195 Å². The van der Waals surface area contributed by atoms with Gasteiger partial charge in [0, 0.05) is 35.6 Å². The minimum absolute atomic E-state index is 0. The summed E-state index contributed by atoms with van der Waals surface area (Å²) in [4.78, 5) is 17.8. The van der Waals surface area contributed by atoms with Crippen LogP contribution in [-0.2, 0) is 20.1 Å². The Morgan fingerprint density at radius 1 is 0.346 bits per heavy atom. The molecule has 0 bridgehead atoms. The van der Waals surface area contributed by atoms with E-state index in [0.717, 1.165) is 44.3 Å². The summed E-state index contributed by atoms with van der Waals surface area (Å²) in [7, 11) is 0. The minimum Gasteiger partial charge on any atom is -1.00 e. The van der Waals surface area contributed by atoms with Crippen LogP contribution in [0.5, 0.6) is 0 Å². The van der Waals surface area contributed by atoms with Crippen molar-refractivity contribution in [2.45, 2.75) is 0 Å². The largest absolute Gasteiger partial charge is 3.00 e. The fraction of sp³-hybridized carbons (Fsp3) is 0. The van der Waals surface area contributed by atoms with Crippen molar-refractivity contribution in [3.8, 4) is 44.8 Å². The zero-order valence-electron chi connectivity index (χ0n) is 28.0. The Morgan fingerprint density at radius 3 is 1.12 bits per heavy atom. The average molecular weight is 868 g/mol. The summed E-state index contributed by atoms with van der Waals surface area (Å²) in [5.41, 5.74) is 10.7. The molecule has 4 heterocycles. The molecule has 9 aromatic rings. The molecule has 52 heavy (non-hydrogen) atoms. The van der Waals surface area contributed by atoms with Crippen molar-refractivity contribution in [1.29, 1.82) is 0 Å². The molecule has 0 aliphatic heterocycles. The fourth-order valence-corrected chi connectivity index (χ4v) is 5.72. The van der Waals surface area contributed by atoms with Crippen LogP contribution < -0.4 is 12.4 Å². The monoisotopic (exact) mass is 868 g/mol. The van der Waals surface area contributed by atoms with E-state index in [9.17, 15) is 0 Å². The molecule has 0 fully saturated rings. The number of hydrogen-bond acceptors (Lipinski definition) is 4. The third kappa shape index (κ3) is 9.08. The molecule has 0 radical (unpaired) electrons. The van der Waals surface area contributed by atoms with E-state index in [0.29, 0.717) is 0 Å². The molecular weight excluding hydrogens is 836 g/mol. The van der Waals surface area contributed by atoms with Gasteiger partial charge in [0.25, 0.3) is 0 Å². The zero-order chi connectivity index (χ0) is 33.8. The number of halogens is 1. The molecule has 0 spiro atoms. The predicted molar refractivity (Wildman–Crippen MR) is 205 cm³/mol. The van der Waals surface area contributed by atoms with E-state index in [1.807, 2.05) is 109 Å². The van der Waals surface area contributed by atoms with Gasteiger partial charge in [-0.1, -0.05) is 97.1 Å². The molecule has 0 saturated heterocycles. The van der Waals surface area contributed by atoms with Crippen molar-refractivity contribution >= 4 is 21.8 Å². The summed E-state index contributed by atoms with van der Waals surface area (Å²) < 4.78 is 0. The van der Waals surface area contributed by atoms with Gasteiger partial charge in [-0.3, -0.25) is 9.97 Å². The van der Waals surface area contributed by atoms with Crippen molar-refractivity contribution < 1.29 is 32.5 Å². The molecule has 0 aliphatic rings. The summed E-state index contributed by atoms with van der Waals surface area (Å²) in [6, 6.07) is 63.0. The van der Waals surface area contributed by atoms with E-state index >= 15 is 0 Å². The van der Waals surface area contributed by atoms with Gasteiger partial charge in [-0.2, -0.15) is 0 Å². The SMILES string of the molecule is [Cl-].[Ir+3].[c-]1ccccc1-c1ccccn1.[c-]1ccccc1-c1ccccn1.c1ccc(-c2ccnc3c2ccc2c(-c4ccccc4)ccnc23)cc1. The van der Waals surface area contributed by atoms with Gasteiger partial charge in [-0.25, -0.2) is 0 Å². The van der Waals surface area contributed by atoms with Crippen LogP contribution in [0.3, 0.4) is 0 Å². The van der Waals surface area contributed by atoms with Gasteiger partial charge in [0.2, 0.25) is 0 Å². The second-order valence-corrected chi connectivity index (χ2v) is 11.3. The van der Waals surface area contributed by atoms with Crippen molar-refractivity contribution in [2.75, 3.05) is 0 Å². The second-order valence-electron chi connectivity index (χ2n) is 11.3. The molecule has 0 unspecified atom stereocenters. The Morgan fingerprint density at radius 2 is 0.750 bits per heavy atom. The standard InChI is InChI=1S/C24H16N2.2C11H8N.ClH.Ir/c1-3-7-17(8-4-1)19-13-15-25-23-21(19)11-12-22-20(14-16-26-24(22)23)18-9-5-2-6-10-18;2*1-2-6-10(7-3-1)11-8-4-5-9-12-11;;/h1-16H;2*1-6,8-9H;1H;/q;2*-1;;+3/p-1.